The number of amides is 2. The van der Waals surface area contributed by atoms with Crippen molar-refractivity contribution in [2.45, 2.75) is 20.0 Å². The van der Waals surface area contributed by atoms with E-state index in [1.165, 1.54) is 11.3 Å². The summed E-state index contributed by atoms with van der Waals surface area (Å²) in [5, 5.41) is 6.51. The first kappa shape index (κ1) is 17.0. The summed E-state index contributed by atoms with van der Waals surface area (Å²) in [6.45, 7) is 2.81. The van der Waals surface area contributed by atoms with Gasteiger partial charge in [-0.25, -0.2) is 9.78 Å². The number of urea groups is 1. The zero-order valence-corrected chi connectivity index (χ0v) is 14.9. The van der Waals surface area contributed by atoms with Crippen LogP contribution in [0, 0.1) is 6.92 Å². The predicted octanol–water partition coefficient (Wildman–Crippen LogP) is 3.72. The van der Waals surface area contributed by atoms with Crippen molar-refractivity contribution in [3.63, 3.8) is 0 Å². The van der Waals surface area contributed by atoms with Gasteiger partial charge in [0, 0.05) is 11.4 Å². The Morgan fingerprint density at radius 1 is 1.20 bits per heavy atom. The van der Waals surface area contributed by atoms with Gasteiger partial charge in [0.2, 0.25) is 0 Å². The highest BCUT2D eigenvalue weighted by Gasteiger charge is 2.12. The van der Waals surface area contributed by atoms with Crippen molar-refractivity contribution in [1.82, 2.24) is 15.6 Å². The summed E-state index contributed by atoms with van der Waals surface area (Å²) >= 11 is 1.52. The fraction of sp³-hybridized carbons (Fsp3) is 0.222. The van der Waals surface area contributed by atoms with Gasteiger partial charge in [0.25, 0.3) is 0 Å². The van der Waals surface area contributed by atoms with Crippen LogP contribution in [0.15, 0.2) is 47.1 Å². The molecule has 0 bridgehead atoms. The molecule has 0 saturated heterocycles. The minimum absolute atomic E-state index is 0.219. The van der Waals surface area contributed by atoms with E-state index in [-0.39, 0.29) is 6.03 Å². The van der Waals surface area contributed by atoms with Crippen LogP contribution in [0.2, 0.25) is 0 Å². The zero-order chi connectivity index (χ0) is 17.6. The lowest BCUT2D eigenvalue weighted by Gasteiger charge is -2.07. The normalized spacial score (nSPS) is 10.5. The standard InChI is InChI=1S/C18H19N3O3S/c1-12-16(25-17(21-12)15-4-3-9-24-15)11-20-18(22)19-10-13-5-7-14(23-2)8-6-13/h3-9H,10-11H2,1-2H3,(H2,19,20,22). The van der Waals surface area contributed by atoms with Gasteiger partial charge in [-0.2, -0.15) is 0 Å². The fourth-order valence-corrected chi connectivity index (χ4v) is 3.22. The molecular formula is C18H19N3O3S. The van der Waals surface area contributed by atoms with Gasteiger partial charge < -0.3 is 19.8 Å². The Morgan fingerprint density at radius 3 is 2.64 bits per heavy atom. The first-order valence-corrected chi connectivity index (χ1v) is 8.62. The van der Waals surface area contributed by atoms with E-state index in [2.05, 4.69) is 15.6 Å². The fourth-order valence-electron chi connectivity index (χ4n) is 2.25. The summed E-state index contributed by atoms with van der Waals surface area (Å²) in [6.07, 6.45) is 1.62. The van der Waals surface area contributed by atoms with Crippen LogP contribution in [-0.2, 0) is 13.1 Å². The molecule has 0 aliphatic rings. The number of ether oxygens (including phenoxy) is 1. The van der Waals surface area contributed by atoms with Crippen molar-refractivity contribution >= 4 is 17.4 Å². The van der Waals surface area contributed by atoms with Crippen LogP contribution in [0.5, 0.6) is 5.75 Å². The topological polar surface area (TPSA) is 76.4 Å². The van der Waals surface area contributed by atoms with Crippen LogP contribution >= 0.6 is 11.3 Å². The van der Waals surface area contributed by atoms with Gasteiger partial charge in [-0.3, -0.25) is 0 Å². The molecule has 0 fully saturated rings. The van der Waals surface area contributed by atoms with Gasteiger partial charge in [0.15, 0.2) is 10.8 Å². The highest BCUT2D eigenvalue weighted by atomic mass is 32.1. The number of aromatic nitrogens is 1. The van der Waals surface area contributed by atoms with Crippen LogP contribution in [0.25, 0.3) is 10.8 Å². The molecule has 0 saturated carbocycles. The Bertz CT molecular complexity index is 826. The highest BCUT2D eigenvalue weighted by molar-refractivity contribution is 7.15. The molecule has 3 rings (SSSR count). The molecule has 25 heavy (non-hydrogen) atoms. The third-order valence-corrected chi connectivity index (χ3v) is 4.82. The first-order chi connectivity index (χ1) is 12.2. The van der Waals surface area contributed by atoms with Gasteiger partial charge in [-0.05, 0) is 36.8 Å². The maximum atomic E-state index is 12.0. The zero-order valence-electron chi connectivity index (χ0n) is 14.0. The van der Waals surface area contributed by atoms with E-state index in [1.807, 2.05) is 43.3 Å². The molecule has 2 heterocycles. The van der Waals surface area contributed by atoms with E-state index in [0.29, 0.717) is 13.1 Å². The molecule has 2 aromatic heterocycles. The summed E-state index contributed by atoms with van der Waals surface area (Å²) in [6, 6.07) is 11.1. The molecule has 0 unspecified atom stereocenters. The molecule has 0 aliphatic carbocycles. The number of carbonyl (C=O) groups is 1. The summed E-state index contributed by atoms with van der Waals surface area (Å²) in [7, 11) is 1.62. The molecule has 0 atom stereocenters. The van der Waals surface area contributed by atoms with Crippen LogP contribution < -0.4 is 15.4 Å². The van der Waals surface area contributed by atoms with Gasteiger partial charge in [-0.15, -0.1) is 11.3 Å². The number of methoxy groups -OCH3 is 1. The molecule has 0 spiro atoms. The number of thiazole rings is 1. The van der Waals surface area contributed by atoms with Crippen LogP contribution in [0.1, 0.15) is 16.1 Å². The monoisotopic (exact) mass is 357 g/mol. The largest absolute Gasteiger partial charge is 0.497 e. The average molecular weight is 357 g/mol. The number of rotatable bonds is 6. The molecule has 7 heteroatoms. The van der Waals surface area contributed by atoms with Crippen molar-refractivity contribution in [3.05, 3.63) is 58.8 Å². The van der Waals surface area contributed by atoms with Gasteiger partial charge in [0.05, 0.1) is 25.6 Å². The van der Waals surface area contributed by atoms with E-state index in [4.69, 9.17) is 9.15 Å². The summed E-state index contributed by atoms with van der Waals surface area (Å²) < 4.78 is 10.5. The van der Waals surface area contributed by atoms with E-state index in [9.17, 15) is 4.79 Å². The summed E-state index contributed by atoms with van der Waals surface area (Å²) in [5.74, 6) is 1.53. The van der Waals surface area contributed by atoms with Crippen molar-refractivity contribution in [3.8, 4) is 16.5 Å². The lowest BCUT2D eigenvalue weighted by molar-refractivity contribution is 0.240. The molecule has 6 nitrogen and oxygen atoms in total. The van der Waals surface area contributed by atoms with Crippen molar-refractivity contribution in [1.29, 1.82) is 0 Å². The predicted molar refractivity (Wildman–Crippen MR) is 96.6 cm³/mol. The number of aryl methyl sites for hydroxylation is 1. The Labute approximate surface area is 149 Å². The number of hydrogen-bond donors (Lipinski definition) is 2. The number of nitrogens with one attached hydrogen (secondary N) is 2. The average Bonchev–Trinajstić information content (AvgIpc) is 3.28. The van der Waals surface area contributed by atoms with Crippen molar-refractivity contribution < 1.29 is 13.9 Å². The molecular weight excluding hydrogens is 338 g/mol. The van der Waals surface area contributed by atoms with E-state index in [1.54, 1.807) is 13.4 Å². The maximum absolute atomic E-state index is 12.0. The molecule has 2 N–H and O–H groups in total. The lowest BCUT2D eigenvalue weighted by Crippen LogP contribution is -2.34. The Hall–Kier alpha value is -2.80. The minimum Gasteiger partial charge on any atom is -0.497 e. The second-order valence-corrected chi connectivity index (χ2v) is 6.47. The van der Waals surface area contributed by atoms with Gasteiger partial charge in [-0.1, -0.05) is 12.1 Å². The van der Waals surface area contributed by atoms with Crippen LogP contribution in [0.3, 0.4) is 0 Å². The molecule has 130 valence electrons. The van der Waals surface area contributed by atoms with E-state index in [0.717, 1.165) is 32.7 Å². The van der Waals surface area contributed by atoms with E-state index < -0.39 is 0 Å². The third kappa shape index (κ3) is 4.39. The molecule has 1 aromatic carbocycles. The van der Waals surface area contributed by atoms with Crippen LogP contribution in [0.4, 0.5) is 4.79 Å². The summed E-state index contributed by atoms with van der Waals surface area (Å²) in [5.41, 5.74) is 1.90. The number of nitrogens with zero attached hydrogens (tertiary/aromatic N) is 1. The van der Waals surface area contributed by atoms with Gasteiger partial charge >= 0.3 is 6.03 Å². The molecule has 0 radical (unpaired) electrons. The quantitative estimate of drug-likeness (QED) is 0.705. The third-order valence-electron chi connectivity index (χ3n) is 3.65. The number of furan rings is 1. The number of benzene rings is 1. The minimum atomic E-state index is -0.219. The smallest absolute Gasteiger partial charge is 0.315 e. The Morgan fingerprint density at radius 2 is 1.96 bits per heavy atom. The Balaban J connectivity index is 1.50. The van der Waals surface area contributed by atoms with Crippen LogP contribution in [-0.4, -0.2) is 18.1 Å². The van der Waals surface area contributed by atoms with Gasteiger partial charge in [0.1, 0.15) is 5.75 Å². The second kappa shape index (κ2) is 7.85. The molecule has 0 aliphatic heterocycles. The lowest BCUT2D eigenvalue weighted by atomic mass is 10.2. The van der Waals surface area contributed by atoms with Crippen molar-refractivity contribution in [2.24, 2.45) is 0 Å². The number of hydrogen-bond acceptors (Lipinski definition) is 5. The highest BCUT2D eigenvalue weighted by Crippen LogP contribution is 2.27. The van der Waals surface area contributed by atoms with Crippen molar-refractivity contribution in [2.75, 3.05) is 7.11 Å². The second-order valence-electron chi connectivity index (χ2n) is 5.39. The summed E-state index contributed by atoms with van der Waals surface area (Å²) in [4.78, 5) is 17.5. The van der Waals surface area contributed by atoms with E-state index >= 15 is 0 Å². The maximum Gasteiger partial charge on any atom is 0.315 e. The molecule has 3 aromatic rings. The first-order valence-electron chi connectivity index (χ1n) is 7.80. The molecule has 2 amide bonds. The SMILES string of the molecule is COc1ccc(CNC(=O)NCc2sc(-c3ccco3)nc2C)cc1. The Kier molecular flexibility index (Phi) is 5.35. The number of carbonyl (C=O) groups excluding carboxylic acids is 1.